The lowest BCUT2D eigenvalue weighted by molar-refractivity contribution is -0.124. The van der Waals surface area contributed by atoms with Crippen LogP contribution in [0.5, 0.6) is 0 Å². The number of nitrogens with one attached hydrogen (secondary N) is 2. The molecule has 2 atom stereocenters. The van der Waals surface area contributed by atoms with Crippen LogP contribution < -0.4 is 16.5 Å². The molecule has 1 rings (SSSR count). The van der Waals surface area contributed by atoms with Gasteiger partial charge in [-0.05, 0) is 31.0 Å². The van der Waals surface area contributed by atoms with Crippen LogP contribution in [0, 0.1) is 0 Å². The Morgan fingerprint density at radius 1 is 1.36 bits per heavy atom. The highest BCUT2D eigenvalue weighted by atomic mass is 16.2. The maximum Gasteiger partial charge on any atom is 0.243 e. The first-order chi connectivity index (χ1) is 10.6. The Labute approximate surface area is 131 Å². The summed E-state index contributed by atoms with van der Waals surface area (Å²) in [5.41, 5.74) is 1.63. The van der Waals surface area contributed by atoms with Gasteiger partial charge < -0.3 is 21.3 Å². The molecule has 6 nitrogen and oxygen atoms in total. The second kappa shape index (κ2) is 9.55. The Hall–Kier alpha value is -2.37. The molecule has 0 aliphatic rings. The van der Waals surface area contributed by atoms with Crippen molar-refractivity contribution in [1.82, 2.24) is 5.32 Å². The fourth-order valence-corrected chi connectivity index (χ4v) is 2.13. The quantitative estimate of drug-likeness (QED) is 0.280. The van der Waals surface area contributed by atoms with Crippen LogP contribution in [0.15, 0.2) is 29.4 Å². The summed E-state index contributed by atoms with van der Waals surface area (Å²) in [6.45, 7) is 4.02. The van der Waals surface area contributed by atoms with Crippen molar-refractivity contribution < 1.29 is 9.59 Å². The minimum atomic E-state index is -0.578. The normalized spacial score (nSPS) is 13.5. The number of hydrogen-bond acceptors (Lipinski definition) is 5. The van der Waals surface area contributed by atoms with E-state index in [4.69, 9.17) is 5.84 Å². The van der Waals surface area contributed by atoms with Crippen molar-refractivity contribution in [2.75, 3.05) is 5.32 Å². The highest BCUT2D eigenvalue weighted by Crippen LogP contribution is 2.11. The molecule has 1 aromatic carbocycles. The molecular weight excluding hydrogens is 280 g/mol. The lowest BCUT2D eigenvalue weighted by atomic mass is 10.1. The molecule has 0 aromatic heterocycles. The molecule has 1 amide bonds. The molecule has 2 unspecified atom stereocenters. The molecule has 0 spiro atoms. The maximum absolute atomic E-state index is 12.2. The summed E-state index contributed by atoms with van der Waals surface area (Å²) in [6.07, 6.45) is 4.31. The largest absolute Gasteiger partial charge is 0.373 e. The van der Waals surface area contributed by atoms with Crippen molar-refractivity contribution in [2.24, 2.45) is 10.9 Å². The third-order valence-electron chi connectivity index (χ3n) is 3.23. The van der Waals surface area contributed by atoms with Gasteiger partial charge in [-0.2, -0.15) is 5.10 Å². The zero-order valence-electron chi connectivity index (χ0n) is 13.1. The topological polar surface area (TPSA) is 96.6 Å². The van der Waals surface area contributed by atoms with E-state index in [2.05, 4.69) is 22.7 Å². The number of hydrogen-bond donors (Lipinski definition) is 3. The van der Waals surface area contributed by atoms with E-state index in [1.807, 2.05) is 31.2 Å². The Balaban J connectivity index is 2.70. The number of carbonyl (C=O) groups excluding carboxylic acids is 2. The molecule has 0 saturated heterocycles. The van der Waals surface area contributed by atoms with E-state index < -0.39 is 6.04 Å². The average molecular weight is 304 g/mol. The Morgan fingerprint density at radius 2 is 2.05 bits per heavy atom. The van der Waals surface area contributed by atoms with Crippen LogP contribution in [0.1, 0.15) is 38.7 Å². The lowest BCUT2D eigenvalue weighted by Gasteiger charge is -2.20. The molecule has 6 heteroatoms. The molecule has 4 N–H and O–H groups in total. The Morgan fingerprint density at radius 3 is 2.59 bits per heavy atom. The van der Waals surface area contributed by atoms with E-state index in [-0.39, 0.29) is 18.4 Å². The molecule has 0 fully saturated rings. The molecule has 0 aliphatic carbocycles. The van der Waals surface area contributed by atoms with Gasteiger partial charge in [0, 0.05) is 18.2 Å². The van der Waals surface area contributed by atoms with Gasteiger partial charge in [0.05, 0.1) is 6.21 Å². The van der Waals surface area contributed by atoms with Crippen LogP contribution in [0.4, 0.5) is 5.69 Å². The van der Waals surface area contributed by atoms with Crippen LogP contribution in [0.25, 0.3) is 0 Å². The summed E-state index contributed by atoms with van der Waals surface area (Å²) in [4.78, 5) is 23.0. The van der Waals surface area contributed by atoms with Gasteiger partial charge in [0.25, 0.3) is 0 Å². The van der Waals surface area contributed by atoms with Gasteiger partial charge in [0.15, 0.2) is 0 Å². The Bertz CT molecular complexity index is 499. The smallest absolute Gasteiger partial charge is 0.243 e. The van der Waals surface area contributed by atoms with Crippen molar-refractivity contribution in [3.05, 3.63) is 29.8 Å². The third kappa shape index (κ3) is 5.95. The van der Waals surface area contributed by atoms with Crippen LogP contribution in [-0.2, 0) is 9.59 Å². The van der Waals surface area contributed by atoms with Gasteiger partial charge in [0.2, 0.25) is 5.91 Å². The zero-order valence-corrected chi connectivity index (χ0v) is 13.1. The first-order valence-electron chi connectivity index (χ1n) is 7.44. The minimum absolute atomic E-state index is 0.0941. The number of aldehydes is 1. The van der Waals surface area contributed by atoms with Gasteiger partial charge in [-0.1, -0.05) is 25.5 Å². The fraction of sp³-hybridized carbons (Fsp3) is 0.438. The van der Waals surface area contributed by atoms with Crippen LogP contribution in [0.3, 0.4) is 0 Å². The van der Waals surface area contributed by atoms with Crippen LogP contribution in [-0.4, -0.2) is 30.5 Å². The zero-order chi connectivity index (χ0) is 16.4. The summed E-state index contributed by atoms with van der Waals surface area (Å²) in [5.74, 6) is 4.93. The number of anilines is 1. The number of amides is 1. The maximum atomic E-state index is 12.2. The highest BCUT2D eigenvalue weighted by molar-refractivity contribution is 5.87. The SMILES string of the molecule is CCCC(C)NC(=O)C(CC=O)Nc1ccc(/C=N/N)cc1. The molecule has 0 radical (unpaired) electrons. The molecule has 0 saturated carbocycles. The standard InChI is InChI=1S/C16H24N4O2/c1-3-4-12(2)19-16(22)15(9-10-21)20-14-7-5-13(6-8-14)11-18-17/h5-8,10-12,15,20H,3-4,9,17H2,1-2H3,(H,19,22)/b18-11+. The van der Waals surface area contributed by atoms with E-state index in [0.717, 1.165) is 30.4 Å². The summed E-state index contributed by atoms with van der Waals surface area (Å²) >= 11 is 0. The summed E-state index contributed by atoms with van der Waals surface area (Å²) < 4.78 is 0. The van der Waals surface area contributed by atoms with Crippen molar-refractivity contribution in [3.63, 3.8) is 0 Å². The summed E-state index contributed by atoms with van der Waals surface area (Å²) in [7, 11) is 0. The van der Waals surface area contributed by atoms with E-state index >= 15 is 0 Å². The predicted molar refractivity (Wildman–Crippen MR) is 88.8 cm³/mol. The van der Waals surface area contributed by atoms with Crippen molar-refractivity contribution in [3.8, 4) is 0 Å². The molecule has 0 bridgehead atoms. The number of carbonyl (C=O) groups is 2. The minimum Gasteiger partial charge on any atom is -0.373 e. The van der Waals surface area contributed by atoms with E-state index in [1.165, 1.54) is 6.21 Å². The molecule has 22 heavy (non-hydrogen) atoms. The van der Waals surface area contributed by atoms with Crippen LogP contribution in [0.2, 0.25) is 0 Å². The second-order valence-corrected chi connectivity index (χ2v) is 5.20. The van der Waals surface area contributed by atoms with E-state index in [9.17, 15) is 9.59 Å². The van der Waals surface area contributed by atoms with Crippen LogP contribution >= 0.6 is 0 Å². The number of rotatable bonds is 9. The van der Waals surface area contributed by atoms with Gasteiger partial charge in [-0.25, -0.2) is 0 Å². The van der Waals surface area contributed by atoms with Crippen molar-refractivity contribution >= 4 is 24.1 Å². The summed E-state index contributed by atoms with van der Waals surface area (Å²) in [5, 5.41) is 9.45. The molecule has 0 heterocycles. The van der Waals surface area contributed by atoms with E-state index in [0.29, 0.717) is 0 Å². The number of hydrazone groups is 1. The number of benzene rings is 1. The first-order valence-corrected chi connectivity index (χ1v) is 7.44. The average Bonchev–Trinajstić information content (AvgIpc) is 2.49. The molecular formula is C16H24N4O2. The second-order valence-electron chi connectivity index (χ2n) is 5.20. The molecule has 120 valence electrons. The number of nitrogens with zero attached hydrogens (tertiary/aromatic N) is 1. The number of nitrogens with two attached hydrogens (primary N) is 1. The monoisotopic (exact) mass is 304 g/mol. The molecule has 1 aromatic rings. The highest BCUT2D eigenvalue weighted by Gasteiger charge is 2.19. The van der Waals surface area contributed by atoms with Crippen molar-refractivity contribution in [1.29, 1.82) is 0 Å². The first kappa shape index (κ1) is 17.7. The molecule has 0 aliphatic heterocycles. The summed E-state index contributed by atoms with van der Waals surface area (Å²) in [6, 6.07) is 6.81. The fourth-order valence-electron chi connectivity index (χ4n) is 2.13. The van der Waals surface area contributed by atoms with Gasteiger partial charge in [0.1, 0.15) is 12.3 Å². The van der Waals surface area contributed by atoms with Gasteiger partial charge in [-0.15, -0.1) is 0 Å². The van der Waals surface area contributed by atoms with Gasteiger partial charge in [-0.3, -0.25) is 4.79 Å². The predicted octanol–water partition coefficient (Wildman–Crippen LogP) is 1.65. The van der Waals surface area contributed by atoms with E-state index in [1.54, 1.807) is 0 Å². The lowest BCUT2D eigenvalue weighted by Crippen LogP contribution is -2.43. The van der Waals surface area contributed by atoms with Gasteiger partial charge >= 0.3 is 0 Å². The Kier molecular flexibility index (Phi) is 7.67. The van der Waals surface area contributed by atoms with Crippen molar-refractivity contribution in [2.45, 2.75) is 45.2 Å². The third-order valence-corrected chi connectivity index (χ3v) is 3.23.